The molecule has 1 amide bonds. The maximum Gasteiger partial charge on any atom is 0.239 e. The zero-order valence-corrected chi connectivity index (χ0v) is 19.1. The normalized spacial score (nSPS) is 24.2. The quantitative estimate of drug-likeness (QED) is 0.534. The fraction of sp³-hybridized carbons (Fsp3) is 0.458. The van der Waals surface area contributed by atoms with Crippen molar-refractivity contribution in [3.63, 3.8) is 0 Å². The number of hydrogen-bond acceptors (Lipinski definition) is 7. The van der Waals surface area contributed by atoms with E-state index in [9.17, 15) is 9.90 Å². The number of amides is 1. The summed E-state index contributed by atoms with van der Waals surface area (Å²) in [5, 5.41) is 22.1. The number of nitrogens with zero attached hydrogens (tertiary/aromatic N) is 3. The molecule has 1 aliphatic heterocycles. The van der Waals surface area contributed by atoms with E-state index in [0.717, 1.165) is 60.4 Å². The maximum absolute atomic E-state index is 12.5. The predicted molar refractivity (Wildman–Crippen MR) is 127 cm³/mol. The fourth-order valence-corrected chi connectivity index (χ4v) is 5.68. The molecule has 2 fully saturated rings. The number of aromatic nitrogens is 2. The number of aliphatic hydroxyl groups is 1. The van der Waals surface area contributed by atoms with Crippen molar-refractivity contribution in [2.45, 2.75) is 50.3 Å². The van der Waals surface area contributed by atoms with Crippen molar-refractivity contribution < 1.29 is 9.90 Å². The number of hydrogen-bond donors (Lipinski definition) is 3. The smallest absolute Gasteiger partial charge is 0.239 e. The first-order valence-corrected chi connectivity index (χ1v) is 12.1. The Balaban J connectivity index is 1.07. The fourth-order valence-electron chi connectivity index (χ4n) is 4.88. The summed E-state index contributed by atoms with van der Waals surface area (Å²) in [6.07, 6.45) is 6.95. The number of aryl methyl sites for hydroxylation is 1. The summed E-state index contributed by atoms with van der Waals surface area (Å²) >= 11 is 1.54. The van der Waals surface area contributed by atoms with E-state index in [1.165, 1.54) is 16.9 Å². The Morgan fingerprint density at radius 2 is 2.03 bits per heavy atom. The lowest BCUT2D eigenvalue weighted by Gasteiger charge is -2.47. The summed E-state index contributed by atoms with van der Waals surface area (Å²) in [6, 6.07) is 8.88. The van der Waals surface area contributed by atoms with Crippen molar-refractivity contribution in [1.82, 2.24) is 20.2 Å². The number of rotatable bonds is 6. The molecule has 3 aromatic rings. The minimum atomic E-state index is -0.761. The summed E-state index contributed by atoms with van der Waals surface area (Å²) in [4.78, 5) is 23.6. The number of pyridine rings is 1. The molecule has 0 atom stereocenters. The molecule has 8 heteroatoms. The number of carbonyl (C=O) groups excluding carboxylic acids is 1. The lowest BCUT2D eigenvalue weighted by atomic mass is 9.81. The molecule has 1 aromatic carbocycles. The maximum atomic E-state index is 12.5. The van der Waals surface area contributed by atoms with E-state index in [0.29, 0.717) is 6.04 Å². The second-order valence-corrected chi connectivity index (χ2v) is 9.95. The SMILES string of the molecule is Cc1ccc2ccnc(NCC(=O)NC3CN([C@H]4CC[C@@](O)(c5nccs5)CC4)C3)c2c1. The van der Waals surface area contributed by atoms with E-state index >= 15 is 0 Å². The van der Waals surface area contributed by atoms with Gasteiger partial charge in [0.1, 0.15) is 16.4 Å². The molecular weight excluding hydrogens is 422 g/mol. The first-order valence-electron chi connectivity index (χ1n) is 11.3. The van der Waals surface area contributed by atoms with Crippen LogP contribution >= 0.6 is 11.3 Å². The van der Waals surface area contributed by atoms with E-state index in [-0.39, 0.29) is 18.5 Å². The molecule has 2 aliphatic rings. The van der Waals surface area contributed by atoms with Crippen molar-refractivity contribution in [2.75, 3.05) is 25.0 Å². The average molecular weight is 452 g/mol. The van der Waals surface area contributed by atoms with E-state index in [4.69, 9.17) is 0 Å². The molecule has 5 rings (SSSR count). The monoisotopic (exact) mass is 451 g/mol. The van der Waals surface area contributed by atoms with Crippen molar-refractivity contribution in [3.8, 4) is 0 Å². The van der Waals surface area contributed by atoms with Gasteiger partial charge in [0.25, 0.3) is 0 Å². The van der Waals surface area contributed by atoms with Gasteiger partial charge in [-0.25, -0.2) is 9.97 Å². The van der Waals surface area contributed by atoms with Gasteiger partial charge in [-0.2, -0.15) is 0 Å². The van der Waals surface area contributed by atoms with Crippen LogP contribution in [0, 0.1) is 6.92 Å². The molecule has 0 radical (unpaired) electrons. The molecule has 32 heavy (non-hydrogen) atoms. The van der Waals surface area contributed by atoms with E-state index < -0.39 is 5.60 Å². The zero-order chi connectivity index (χ0) is 22.1. The third kappa shape index (κ3) is 4.35. The molecular formula is C24H29N5O2S. The van der Waals surface area contributed by atoms with Crippen molar-refractivity contribution in [1.29, 1.82) is 0 Å². The van der Waals surface area contributed by atoms with Gasteiger partial charge in [0.05, 0.1) is 12.6 Å². The predicted octanol–water partition coefficient (Wildman–Crippen LogP) is 3.04. The number of nitrogens with one attached hydrogen (secondary N) is 2. The van der Waals surface area contributed by atoms with Crippen LogP contribution in [0.25, 0.3) is 10.8 Å². The Labute approximate surface area is 191 Å². The Kier molecular flexibility index (Phi) is 5.84. The Morgan fingerprint density at radius 1 is 1.22 bits per heavy atom. The lowest BCUT2D eigenvalue weighted by Crippen LogP contribution is -2.63. The molecule has 3 N–H and O–H groups in total. The van der Waals surface area contributed by atoms with Crippen LogP contribution in [0.4, 0.5) is 5.82 Å². The summed E-state index contributed by atoms with van der Waals surface area (Å²) in [5.74, 6) is 0.731. The van der Waals surface area contributed by atoms with Crippen LogP contribution in [0.15, 0.2) is 42.0 Å². The number of anilines is 1. The Bertz CT molecular complexity index is 1090. The molecule has 1 aliphatic carbocycles. The average Bonchev–Trinajstić information content (AvgIpc) is 3.31. The van der Waals surface area contributed by atoms with E-state index in [1.54, 1.807) is 12.4 Å². The highest BCUT2D eigenvalue weighted by Crippen LogP contribution is 2.40. The van der Waals surface area contributed by atoms with Gasteiger partial charge >= 0.3 is 0 Å². The molecule has 0 spiro atoms. The molecule has 168 valence electrons. The first kappa shape index (κ1) is 21.3. The highest BCUT2D eigenvalue weighted by Gasteiger charge is 2.41. The van der Waals surface area contributed by atoms with Gasteiger partial charge in [-0.15, -0.1) is 11.3 Å². The van der Waals surface area contributed by atoms with E-state index in [2.05, 4.69) is 50.6 Å². The molecule has 1 saturated carbocycles. The van der Waals surface area contributed by atoms with Crippen molar-refractivity contribution in [3.05, 3.63) is 52.6 Å². The molecule has 2 aromatic heterocycles. The third-order valence-electron chi connectivity index (χ3n) is 6.74. The molecule has 7 nitrogen and oxygen atoms in total. The lowest BCUT2D eigenvalue weighted by molar-refractivity contribution is -0.121. The van der Waals surface area contributed by atoms with Crippen LogP contribution in [-0.2, 0) is 10.4 Å². The van der Waals surface area contributed by atoms with Crippen molar-refractivity contribution in [2.24, 2.45) is 0 Å². The Morgan fingerprint density at radius 3 is 2.78 bits per heavy atom. The number of thiazole rings is 1. The van der Waals surface area contributed by atoms with Crippen LogP contribution in [-0.4, -0.2) is 57.6 Å². The summed E-state index contributed by atoms with van der Waals surface area (Å²) in [6.45, 7) is 4.01. The van der Waals surface area contributed by atoms with Gasteiger partial charge in [0, 0.05) is 42.3 Å². The summed E-state index contributed by atoms with van der Waals surface area (Å²) in [7, 11) is 0. The molecule has 0 unspecified atom stereocenters. The van der Waals surface area contributed by atoms with Crippen LogP contribution < -0.4 is 10.6 Å². The summed E-state index contributed by atoms with van der Waals surface area (Å²) < 4.78 is 0. The van der Waals surface area contributed by atoms with Crippen LogP contribution in [0.1, 0.15) is 36.3 Å². The van der Waals surface area contributed by atoms with Gasteiger partial charge in [0.2, 0.25) is 5.91 Å². The van der Waals surface area contributed by atoms with Gasteiger partial charge in [-0.1, -0.05) is 17.7 Å². The second-order valence-electron chi connectivity index (χ2n) is 9.06. The number of likely N-dealkylation sites (tertiary alicyclic amines) is 1. The number of fused-ring (bicyclic) bond motifs is 1. The second kappa shape index (κ2) is 8.77. The third-order valence-corrected chi connectivity index (χ3v) is 7.71. The van der Waals surface area contributed by atoms with Crippen LogP contribution in [0.5, 0.6) is 0 Å². The van der Waals surface area contributed by atoms with Gasteiger partial charge in [-0.05, 0) is 50.1 Å². The minimum absolute atomic E-state index is 0.0112. The van der Waals surface area contributed by atoms with Crippen LogP contribution in [0.2, 0.25) is 0 Å². The first-order chi connectivity index (χ1) is 15.5. The van der Waals surface area contributed by atoms with Gasteiger partial charge < -0.3 is 15.7 Å². The molecule has 1 saturated heterocycles. The number of benzene rings is 1. The number of carbonyl (C=O) groups is 1. The minimum Gasteiger partial charge on any atom is -0.383 e. The van der Waals surface area contributed by atoms with Crippen LogP contribution in [0.3, 0.4) is 0 Å². The topological polar surface area (TPSA) is 90.4 Å². The standard InChI is InChI=1S/C24H29N5O2S/c1-16-2-3-17-6-9-25-22(20(17)12-16)27-13-21(30)28-18-14-29(15-18)19-4-7-24(31,8-5-19)23-26-10-11-32-23/h2-3,6,9-12,18-19,31H,4-5,7-8,13-15H2,1H3,(H,25,27)(H,28,30)/t19-,24-. The highest BCUT2D eigenvalue weighted by atomic mass is 32.1. The van der Waals surface area contributed by atoms with Gasteiger partial charge in [-0.3, -0.25) is 9.69 Å². The molecule has 3 heterocycles. The largest absolute Gasteiger partial charge is 0.383 e. The molecule has 0 bridgehead atoms. The van der Waals surface area contributed by atoms with E-state index in [1.807, 2.05) is 11.4 Å². The summed E-state index contributed by atoms with van der Waals surface area (Å²) in [5.41, 5.74) is 0.406. The van der Waals surface area contributed by atoms with Crippen molar-refractivity contribution >= 4 is 33.8 Å². The van der Waals surface area contributed by atoms with Gasteiger partial charge in [0.15, 0.2) is 0 Å². The zero-order valence-electron chi connectivity index (χ0n) is 18.3. The Hall–Kier alpha value is -2.55. The highest BCUT2D eigenvalue weighted by molar-refractivity contribution is 7.09.